The van der Waals surface area contributed by atoms with Gasteiger partial charge < -0.3 is 10.1 Å². The normalized spacial score (nSPS) is 30.0. The summed E-state index contributed by atoms with van der Waals surface area (Å²) < 4.78 is 0. The zero-order chi connectivity index (χ0) is 11.2. The van der Waals surface area contributed by atoms with Crippen LogP contribution >= 0.6 is 0 Å². The van der Waals surface area contributed by atoms with Crippen molar-refractivity contribution >= 4 is 10.9 Å². The fraction of sp³-hybridized carbons (Fsp3) is 0.429. The number of aliphatic hydroxyl groups is 1. The van der Waals surface area contributed by atoms with Gasteiger partial charge in [-0.15, -0.1) is 0 Å². The van der Waals surface area contributed by atoms with E-state index < -0.39 is 5.60 Å². The number of rotatable bonds is 1. The van der Waals surface area contributed by atoms with E-state index in [2.05, 4.69) is 36.2 Å². The highest BCUT2D eigenvalue weighted by Crippen LogP contribution is 2.43. The van der Waals surface area contributed by atoms with Crippen molar-refractivity contribution < 1.29 is 5.11 Å². The predicted molar refractivity (Wildman–Crippen MR) is 65.2 cm³/mol. The molecule has 1 fully saturated rings. The summed E-state index contributed by atoms with van der Waals surface area (Å²) in [5, 5.41) is 11.9. The van der Waals surface area contributed by atoms with E-state index >= 15 is 0 Å². The van der Waals surface area contributed by atoms with Gasteiger partial charge in [-0.1, -0.05) is 13.0 Å². The van der Waals surface area contributed by atoms with Crippen LogP contribution in [0.5, 0.6) is 0 Å². The number of H-pyrrole nitrogens is 1. The summed E-state index contributed by atoms with van der Waals surface area (Å²) in [7, 11) is 0. The van der Waals surface area contributed by atoms with Gasteiger partial charge in [-0.05, 0) is 54.3 Å². The molecule has 2 unspecified atom stereocenters. The number of benzene rings is 1. The van der Waals surface area contributed by atoms with E-state index in [1.165, 1.54) is 5.39 Å². The van der Waals surface area contributed by atoms with E-state index in [9.17, 15) is 5.11 Å². The Kier molecular flexibility index (Phi) is 2.08. The van der Waals surface area contributed by atoms with Gasteiger partial charge in [-0.25, -0.2) is 0 Å². The SMILES string of the molecule is CC1CCCC1(O)c1ccc2[nH]ccc2c1. The monoisotopic (exact) mass is 215 g/mol. The van der Waals surface area contributed by atoms with Crippen LogP contribution in [0.2, 0.25) is 0 Å². The third kappa shape index (κ3) is 1.30. The molecule has 3 rings (SSSR count). The first-order valence-corrected chi connectivity index (χ1v) is 6.00. The van der Waals surface area contributed by atoms with Crippen molar-refractivity contribution in [2.75, 3.05) is 0 Å². The van der Waals surface area contributed by atoms with E-state index in [0.29, 0.717) is 5.92 Å². The molecule has 2 atom stereocenters. The molecule has 2 heteroatoms. The fourth-order valence-corrected chi connectivity index (χ4v) is 2.91. The molecule has 0 amide bonds. The molecule has 0 bridgehead atoms. The van der Waals surface area contributed by atoms with Crippen LogP contribution in [0, 0.1) is 5.92 Å². The minimum atomic E-state index is -0.606. The highest BCUT2D eigenvalue weighted by molar-refractivity contribution is 5.80. The van der Waals surface area contributed by atoms with E-state index in [1.807, 2.05) is 6.20 Å². The molecule has 0 radical (unpaired) electrons. The topological polar surface area (TPSA) is 36.0 Å². The van der Waals surface area contributed by atoms with Crippen LogP contribution in [0.3, 0.4) is 0 Å². The summed E-state index contributed by atoms with van der Waals surface area (Å²) in [4.78, 5) is 3.18. The zero-order valence-corrected chi connectivity index (χ0v) is 9.53. The zero-order valence-electron chi connectivity index (χ0n) is 9.53. The van der Waals surface area contributed by atoms with Crippen molar-refractivity contribution in [1.29, 1.82) is 0 Å². The Labute approximate surface area is 95.3 Å². The van der Waals surface area contributed by atoms with Gasteiger partial charge in [0, 0.05) is 11.7 Å². The average Bonchev–Trinajstić information content (AvgIpc) is 2.86. The van der Waals surface area contributed by atoms with E-state index in [0.717, 1.165) is 30.3 Å². The Balaban J connectivity index is 2.11. The standard InChI is InChI=1S/C14H17NO/c1-10-3-2-7-14(10,16)12-4-5-13-11(9-12)6-8-15-13/h4-6,8-10,15-16H,2-3,7H2,1H3. The molecule has 0 aliphatic heterocycles. The lowest BCUT2D eigenvalue weighted by Gasteiger charge is -2.28. The molecule has 0 saturated heterocycles. The number of hydrogen-bond donors (Lipinski definition) is 2. The highest BCUT2D eigenvalue weighted by atomic mass is 16.3. The maximum atomic E-state index is 10.7. The van der Waals surface area contributed by atoms with Crippen LogP contribution in [0.4, 0.5) is 0 Å². The fourth-order valence-electron chi connectivity index (χ4n) is 2.91. The summed E-state index contributed by atoms with van der Waals surface area (Å²) in [5.74, 6) is 0.365. The van der Waals surface area contributed by atoms with Crippen molar-refractivity contribution in [2.45, 2.75) is 31.8 Å². The van der Waals surface area contributed by atoms with Crippen molar-refractivity contribution in [1.82, 2.24) is 4.98 Å². The first kappa shape index (κ1) is 9.91. The van der Waals surface area contributed by atoms with Crippen molar-refractivity contribution in [3.8, 4) is 0 Å². The lowest BCUT2D eigenvalue weighted by molar-refractivity contribution is 0.00461. The van der Waals surface area contributed by atoms with Crippen LogP contribution in [-0.2, 0) is 5.60 Å². The third-order valence-corrected chi connectivity index (χ3v) is 4.06. The quantitative estimate of drug-likeness (QED) is 0.753. The Morgan fingerprint density at radius 1 is 1.38 bits per heavy atom. The second-order valence-electron chi connectivity index (χ2n) is 5.00. The van der Waals surface area contributed by atoms with Gasteiger partial charge in [0.25, 0.3) is 0 Å². The minimum Gasteiger partial charge on any atom is -0.385 e. The first-order valence-electron chi connectivity index (χ1n) is 6.00. The number of nitrogens with one attached hydrogen (secondary N) is 1. The van der Waals surface area contributed by atoms with Gasteiger partial charge in [0.05, 0.1) is 5.60 Å². The van der Waals surface area contributed by atoms with Crippen LogP contribution in [0.25, 0.3) is 10.9 Å². The molecule has 1 aliphatic carbocycles. The van der Waals surface area contributed by atoms with Crippen molar-refractivity contribution in [3.05, 3.63) is 36.0 Å². The Morgan fingerprint density at radius 3 is 3.00 bits per heavy atom. The van der Waals surface area contributed by atoms with E-state index in [-0.39, 0.29) is 0 Å². The molecule has 2 aromatic rings. The lowest BCUT2D eigenvalue weighted by Crippen LogP contribution is -2.28. The molecule has 1 aromatic carbocycles. The van der Waals surface area contributed by atoms with Gasteiger partial charge in [-0.3, -0.25) is 0 Å². The number of fused-ring (bicyclic) bond motifs is 1. The molecule has 2 N–H and O–H groups in total. The average molecular weight is 215 g/mol. The summed E-state index contributed by atoms with van der Waals surface area (Å²) >= 11 is 0. The first-order chi connectivity index (χ1) is 7.70. The van der Waals surface area contributed by atoms with Crippen LogP contribution in [-0.4, -0.2) is 10.1 Å². The summed E-state index contributed by atoms with van der Waals surface area (Å²) in [6, 6.07) is 8.30. The van der Waals surface area contributed by atoms with Gasteiger partial charge in [0.2, 0.25) is 0 Å². The number of aromatic amines is 1. The smallest absolute Gasteiger partial charge is 0.0922 e. The molecule has 16 heavy (non-hydrogen) atoms. The number of aromatic nitrogens is 1. The molecule has 1 saturated carbocycles. The Hall–Kier alpha value is -1.28. The molecular weight excluding hydrogens is 198 g/mol. The Bertz CT molecular complexity index is 516. The van der Waals surface area contributed by atoms with Crippen molar-refractivity contribution in [2.24, 2.45) is 5.92 Å². The maximum Gasteiger partial charge on any atom is 0.0922 e. The molecule has 1 aromatic heterocycles. The molecular formula is C14H17NO. The third-order valence-electron chi connectivity index (χ3n) is 4.06. The van der Waals surface area contributed by atoms with Gasteiger partial charge in [0.1, 0.15) is 0 Å². The maximum absolute atomic E-state index is 10.7. The summed E-state index contributed by atoms with van der Waals surface area (Å²) in [5.41, 5.74) is 1.61. The predicted octanol–water partition coefficient (Wildman–Crippen LogP) is 3.18. The van der Waals surface area contributed by atoms with E-state index in [1.54, 1.807) is 0 Å². The van der Waals surface area contributed by atoms with Crippen LogP contribution < -0.4 is 0 Å². The van der Waals surface area contributed by atoms with Gasteiger partial charge in [-0.2, -0.15) is 0 Å². The largest absolute Gasteiger partial charge is 0.385 e. The second kappa shape index (κ2) is 3.36. The van der Waals surface area contributed by atoms with Gasteiger partial charge in [0.15, 0.2) is 0 Å². The summed E-state index contributed by atoms with van der Waals surface area (Å²) in [6.45, 7) is 2.15. The van der Waals surface area contributed by atoms with Crippen molar-refractivity contribution in [3.63, 3.8) is 0 Å². The molecule has 0 spiro atoms. The molecule has 2 nitrogen and oxygen atoms in total. The molecule has 1 heterocycles. The van der Waals surface area contributed by atoms with E-state index in [4.69, 9.17) is 0 Å². The molecule has 1 aliphatic rings. The minimum absolute atomic E-state index is 0.365. The lowest BCUT2D eigenvalue weighted by atomic mass is 9.85. The number of hydrogen-bond acceptors (Lipinski definition) is 1. The molecule has 84 valence electrons. The summed E-state index contributed by atoms with van der Waals surface area (Å²) in [6.07, 6.45) is 5.09. The second-order valence-corrected chi connectivity index (χ2v) is 5.00. The van der Waals surface area contributed by atoms with Crippen LogP contribution in [0.1, 0.15) is 31.7 Å². The van der Waals surface area contributed by atoms with Crippen LogP contribution in [0.15, 0.2) is 30.5 Å². The van der Waals surface area contributed by atoms with Gasteiger partial charge >= 0.3 is 0 Å². The Morgan fingerprint density at radius 2 is 2.25 bits per heavy atom. The highest BCUT2D eigenvalue weighted by Gasteiger charge is 2.39.